The first-order valence-electron chi connectivity index (χ1n) is 10.8. The molecule has 5 heteroatoms. The van der Waals surface area contributed by atoms with Gasteiger partial charge in [-0.3, -0.25) is 4.79 Å². The van der Waals surface area contributed by atoms with Crippen molar-refractivity contribution in [3.8, 4) is 23.1 Å². The summed E-state index contributed by atoms with van der Waals surface area (Å²) >= 11 is 0. The summed E-state index contributed by atoms with van der Waals surface area (Å²) in [5, 5.41) is 11.0. The normalized spacial score (nSPS) is 16.7. The van der Waals surface area contributed by atoms with Gasteiger partial charge in [-0.25, -0.2) is 0 Å². The lowest BCUT2D eigenvalue weighted by Gasteiger charge is -2.30. The molecule has 1 aromatic heterocycles. The summed E-state index contributed by atoms with van der Waals surface area (Å²) in [6.07, 6.45) is 5.00. The molecule has 1 aliphatic heterocycles. The van der Waals surface area contributed by atoms with Crippen molar-refractivity contribution >= 4 is 22.5 Å². The topological polar surface area (TPSA) is 58.3 Å². The summed E-state index contributed by atoms with van der Waals surface area (Å²) in [6, 6.07) is 17.0. The maximum Gasteiger partial charge on any atom is 0.227 e. The van der Waals surface area contributed by atoms with Crippen molar-refractivity contribution in [1.82, 2.24) is 4.57 Å². The maximum atomic E-state index is 12.1. The highest BCUT2D eigenvalue weighted by Gasteiger charge is 2.28. The zero-order valence-corrected chi connectivity index (χ0v) is 17.2. The molecule has 3 aromatic rings. The van der Waals surface area contributed by atoms with Gasteiger partial charge in [0.25, 0.3) is 0 Å². The molecule has 0 spiro atoms. The first-order valence-corrected chi connectivity index (χ1v) is 10.8. The van der Waals surface area contributed by atoms with Crippen LogP contribution < -0.4 is 9.64 Å². The molecule has 0 atom stereocenters. The molecule has 1 saturated heterocycles. The van der Waals surface area contributed by atoms with Gasteiger partial charge in [0.05, 0.1) is 23.4 Å². The van der Waals surface area contributed by atoms with Crippen LogP contribution >= 0.6 is 0 Å². The van der Waals surface area contributed by atoms with Crippen LogP contribution in [0.2, 0.25) is 0 Å². The van der Waals surface area contributed by atoms with Gasteiger partial charge in [-0.1, -0.05) is 12.1 Å². The molecule has 0 unspecified atom stereocenters. The average Bonchev–Trinajstić information content (AvgIpc) is 3.28. The monoisotopic (exact) mass is 399 g/mol. The SMILES string of the molecule is CCOc1ccc2c(C#N)c(-c3ccc(N4CCCC4=O)cc3)n(C3CCC3)c2c1. The molecule has 1 saturated carbocycles. The second kappa shape index (κ2) is 7.53. The first kappa shape index (κ1) is 18.7. The van der Waals surface area contributed by atoms with Gasteiger partial charge in [-0.05, 0) is 62.4 Å². The van der Waals surface area contributed by atoms with Gasteiger partial charge in [0.15, 0.2) is 0 Å². The van der Waals surface area contributed by atoms with Crippen LogP contribution in [0.25, 0.3) is 22.2 Å². The van der Waals surface area contributed by atoms with Crippen LogP contribution in [-0.2, 0) is 4.79 Å². The number of anilines is 1. The summed E-state index contributed by atoms with van der Waals surface area (Å²) in [5.74, 6) is 1.02. The summed E-state index contributed by atoms with van der Waals surface area (Å²) in [7, 11) is 0. The smallest absolute Gasteiger partial charge is 0.227 e. The lowest BCUT2D eigenvalue weighted by atomic mass is 9.92. The number of amides is 1. The third kappa shape index (κ3) is 2.95. The van der Waals surface area contributed by atoms with Crippen molar-refractivity contribution in [3.05, 3.63) is 48.0 Å². The van der Waals surface area contributed by atoms with Crippen molar-refractivity contribution < 1.29 is 9.53 Å². The van der Waals surface area contributed by atoms with E-state index < -0.39 is 0 Å². The van der Waals surface area contributed by atoms with Crippen LogP contribution in [0.1, 0.15) is 50.6 Å². The first-order chi connectivity index (χ1) is 14.7. The van der Waals surface area contributed by atoms with Gasteiger partial charge in [-0.15, -0.1) is 0 Å². The molecule has 0 bridgehead atoms. The van der Waals surface area contributed by atoms with Gasteiger partial charge >= 0.3 is 0 Å². The molecule has 1 aliphatic carbocycles. The summed E-state index contributed by atoms with van der Waals surface area (Å²) in [5.41, 5.74) is 4.71. The van der Waals surface area contributed by atoms with Crippen LogP contribution in [0.15, 0.2) is 42.5 Å². The van der Waals surface area contributed by atoms with E-state index >= 15 is 0 Å². The number of rotatable bonds is 5. The Morgan fingerprint density at radius 2 is 1.93 bits per heavy atom. The predicted octanol–water partition coefficient (Wildman–Crippen LogP) is 5.43. The largest absolute Gasteiger partial charge is 0.494 e. The van der Waals surface area contributed by atoms with E-state index in [0.29, 0.717) is 24.6 Å². The standard InChI is InChI=1S/C25H25N3O2/c1-2-30-20-12-13-21-22(16-26)25(28(23(21)15-20)19-5-3-6-19)17-8-10-18(11-9-17)27-14-4-7-24(27)29/h8-13,15,19H,2-7,14H2,1H3. The van der Waals surface area contributed by atoms with E-state index in [9.17, 15) is 10.1 Å². The number of hydrogen-bond donors (Lipinski definition) is 0. The average molecular weight is 399 g/mol. The molecule has 2 aliphatic rings. The maximum absolute atomic E-state index is 12.1. The molecule has 0 radical (unpaired) electrons. The molecule has 1 amide bonds. The van der Waals surface area contributed by atoms with Crippen molar-refractivity contribution in [3.63, 3.8) is 0 Å². The zero-order valence-electron chi connectivity index (χ0n) is 17.2. The van der Waals surface area contributed by atoms with Gasteiger partial charge in [0, 0.05) is 36.1 Å². The van der Waals surface area contributed by atoms with E-state index in [2.05, 4.69) is 28.8 Å². The van der Waals surface area contributed by atoms with Gasteiger partial charge < -0.3 is 14.2 Å². The third-order valence-corrected chi connectivity index (χ3v) is 6.36. The van der Waals surface area contributed by atoms with E-state index in [4.69, 9.17) is 4.74 Å². The summed E-state index contributed by atoms with van der Waals surface area (Å²) < 4.78 is 8.08. The Morgan fingerprint density at radius 3 is 2.53 bits per heavy atom. The van der Waals surface area contributed by atoms with E-state index in [1.807, 2.05) is 36.1 Å². The second-order valence-electron chi connectivity index (χ2n) is 8.10. The van der Waals surface area contributed by atoms with Crippen molar-refractivity contribution in [2.75, 3.05) is 18.1 Å². The van der Waals surface area contributed by atoms with Crippen LogP contribution in [0.3, 0.4) is 0 Å². The predicted molar refractivity (Wildman–Crippen MR) is 118 cm³/mol. The molecule has 152 valence electrons. The van der Waals surface area contributed by atoms with Crippen molar-refractivity contribution in [2.24, 2.45) is 0 Å². The number of nitriles is 1. The van der Waals surface area contributed by atoms with Crippen LogP contribution in [0.4, 0.5) is 5.69 Å². The molecule has 2 aromatic carbocycles. The van der Waals surface area contributed by atoms with Crippen molar-refractivity contribution in [2.45, 2.75) is 45.1 Å². The van der Waals surface area contributed by atoms with Gasteiger partial charge in [0.1, 0.15) is 11.8 Å². The van der Waals surface area contributed by atoms with Crippen LogP contribution in [0, 0.1) is 11.3 Å². The van der Waals surface area contributed by atoms with Crippen molar-refractivity contribution in [1.29, 1.82) is 5.26 Å². The molecule has 5 rings (SSSR count). The number of benzene rings is 2. The highest BCUT2D eigenvalue weighted by Crippen LogP contribution is 2.43. The fraction of sp³-hybridized carbons (Fsp3) is 0.360. The summed E-state index contributed by atoms with van der Waals surface area (Å²) in [4.78, 5) is 13.9. The Bertz CT molecular complexity index is 1150. The van der Waals surface area contributed by atoms with E-state index in [0.717, 1.165) is 59.4 Å². The lowest BCUT2D eigenvalue weighted by Crippen LogP contribution is -2.23. The minimum absolute atomic E-state index is 0.187. The highest BCUT2D eigenvalue weighted by molar-refractivity contribution is 5.97. The molecule has 2 heterocycles. The highest BCUT2D eigenvalue weighted by atomic mass is 16.5. The molecular formula is C25H25N3O2. The summed E-state index contributed by atoms with van der Waals surface area (Å²) in [6.45, 7) is 3.38. The zero-order chi connectivity index (χ0) is 20.7. The van der Waals surface area contributed by atoms with Crippen LogP contribution in [-0.4, -0.2) is 23.6 Å². The van der Waals surface area contributed by atoms with E-state index in [1.165, 1.54) is 6.42 Å². The molecule has 2 fully saturated rings. The molecule has 0 N–H and O–H groups in total. The Kier molecular flexibility index (Phi) is 4.71. The number of ether oxygens (including phenoxy) is 1. The molecular weight excluding hydrogens is 374 g/mol. The Morgan fingerprint density at radius 1 is 1.13 bits per heavy atom. The number of aromatic nitrogens is 1. The van der Waals surface area contributed by atoms with Gasteiger partial charge in [0.2, 0.25) is 5.91 Å². The lowest BCUT2D eigenvalue weighted by molar-refractivity contribution is -0.117. The third-order valence-electron chi connectivity index (χ3n) is 6.36. The number of nitrogens with zero attached hydrogens (tertiary/aromatic N) is 3. The number of carbonyl (C=O) groups is 1. The number of fused-ring (bicyclic) bond motifs is 1. The minimum atomic E-state index is 0.187. The molecule has 5 nitrogen and oxygen atoms in total. The Labute approximate surface area is 176 Å². The van der Waals surface area contributed by atoms with E-state index in [1.54, 1.807) is 0 Å². The Hall–Kier alpha value is -3.26. The number of hydrogen-bond acceptors (Lipinski definition) is 3. The fourth-order valence-corrected chi connectivity index (χ4v) is 4.69. The second-order valence-corrected chi connectivity index (χ2v) is 8.10. The minimum Gasteiger partial charge on any atom is -0.494 e. The van der Waals surface area contributed by atoms with E-state index in [-0.39, 0.29) is 5.91 Å². The van der Waals surface area contributed by atoms with Gasteiger partial charge in [-0.2, -0.15) is 5.26 Å². The molecule has 30 heavy (non-hydrogen) atoms. The van der Waals surface area contributed by atoms with Crippen LogP contribution in [0.5, 0.6) is 5.75 Å². The Balaban J connectivity index is 1.66. The quantitative estimate of drug-likeness (QED) is 0.575. The number of carbonyl (C=O) groups excluding carboxylic acids is 1. The fourth-order valence-electron chi connectivity index (χ4n) is 4.69.